The molecule has 0 radical (unpaired) electrons. The fourth-order valence-corrected chi connectivity index (χ4v) is 6.14. The number of hydrogen-bond acceptors (Lipinski definition) is 12. The average molecular weight is 519 g/mol. The molecule has 1 atom stereocenters. The molecule has 18 heteroatoms. The van der Waals surface area contributed by atoms with Crippen LogP contribution in [-0.2, 0) is 24.8 Å². The Morgan fingerprint density at radius 2 is 1.94 bits per heavy atom. The van der Waals surface area contributed by atoms with Gasteiger partial charge in [0.25, 0.3) is 0 Å². The number of piperazine rings is 1. The highest BCUT2D eigenvalue weighted by molar-refractivity contribution is 7.92. The molecule has 1 saturated heterocycles. The van der Waals surface area contributed by atoms with Crippen LogP contribution in [-0.4, -0.2) is 105 Å². The Balaban J connectivity index is 2.18. The number of anilines is 1. The van der Waals surface area contributed by atoms with Gasteiger partial charge in [-0.05, 0) is 17.3 Å². The lowest BCUT2D eigenvalue weighted by molar-refractivity contribution is -0.130. The van der Waals surface area contributed by atoms with Crippen LogP contribution in [0.2, 0.25) is 0 Å². The van der Waals surface area contributed by atoms with Gasteiger partial charge < -0.3 is 26.4 Å². The zero-order valence-corrected chi connectivity index (χ0v) is 19.6. The van der Waals surface area contributed by atoms with Crippen LogP contribution in [0.4, 0.5) is 5.69 Å². The third-order valence-electron chi connectivity index (χ3n) is 5.08. The van der Waals surface area contributed by atoms with Crippen molar-refractivity contribution in [1.82, 2.24) is 30.2 Å². The van der Waals surface area contributed by atoms with Crippen LogP contribution >= 0.6 is 0 Å². The highest BCUT2D eigenvalue weighted by atomic mass is 32.2. The van der Waals surface area contributed by atoms with Gasteiger partial charge in [0.15, 0.2) is 0 Å². The van der Waals surface area contributed by atoms with E-state index in [-0.39, 0.29) is 42.6 Å². The molecule has 0 spiro atoms. The average Bonchev–Trinajstić information content (AvgIpc) is 3.32. The third-order valence-corrected chi connectivity index (χ3v) is 7.67. The van der Waals surface area contributed by atoms with Crippen LogP contribution in [0, 0.1) is 0 Å². The minimum absolute atomic E-state index is 0.123. The van der Waals surface area contributed by atoms with E-state index in [1.165, 1.54) is 6.07 Å². The summed E-state index contributed by atoms with van der Waals surface area (Å²) in [5.41, 5.74) is 10.8. The molecule has 1 aromatic carbocycles. The Morgan fingerprint density at radius 1 is 1.21 bits per heavy atom. The number of aliphatic hydroxyl groups excluding tert-OH is 1. The fourth-order valence-electron chi connectivity index (χ4n) is 3.47. The monoisotopic (exact) mass is 518 g/mol. The Bertz CT molecular complexity index is 1240. The Kier molecular flexibility index (Phi) is 7.81. The number of tetrazole rings is 1. The molecule has 0 bridgehead atoms. The summed E-state index contributed by atoms with van der Waals surface area (Å²) in [6, 6.07) is 2.38. The van der Waals surface area contributed by atoms with Crippen molar-refractivity contribution in [2.24, 2.45) is 16.6 Å². The number of nitrogens with two attached hydrogens (primary N) is 3. The van der Waals surface area contributed by atoms with Gasteiger partial charge in [0.2, 0.25) is 31.8 Å². The van der Waals surface area contributed by atoms with Crippen LogP contribution < -0.4 is 26.2 Å². The molecule has 1 aromatic heterocycles. The molecule has 0 saturated carbocycles. The maximum absolute atomic E-state index is 13.0. The first-order chi connectivity index (χ1) is 16.0. The quantitative estimate of drug-likeness (QED) is 0.175. The maximum Gasteiger partial charge on any atom is 0.242 e. The molecule has 3 rings (SSSR count). The van der Waals surface area contributed by atoms with E-state index in [1.54, 1.807) is 9.80 Å². The van der Waals surface area contributed by atoms with Gasteiger partial charge in [-0.1, -0.05) is 0 Å². The predicted octanol–water partition coefficient (Wildman–Crippen LogP) is -4.28. The number of rotatable bonds is 10. The minimum atomic E-state index is -4.68. The van der Waals surface area contributed by atoms with Crippen molar-refractivity contribution >= 4 is 31.6 Å². The van der Waals surface area contributed by atoms with Crippen molar-refractivity contribution < 1.29 is 26.7 Å². The summed E-state index contributed by atoms with van der Waals surface area (Å²) >= 11 is 0. The molecule has 34 heavy (non-hydrogen) atoms. The second kappa shape index (κ2) is 10.3. The molecule has 16 nitrogen and oxygen atoms in total. The Morgan fingerprint density at radius 3 is 2.50 bits per heavy atom. The number of aliphatic hydroxyl groups is 1. The molecule has 1 unspecified atom stereocenters. The molecule has 1 amide bonds. The number of sulfonamides is 2. The predicted molar refractivity (Wildman–Crippen MR) is 119 cm³/mol. The molecule has 1 aliphatic rings. The molecule has 2 heterocycles. The standard InChI is InChI=1S/C16H26N10O6S2/c17-3-4-25-5-6-26(9-13(25)28)11-1-2-12(34(31,32)20-8-10(27)7-18)15(33(19,29)30)14(11)16-21-23-24-22-16/h1-2,10,20,27H,3-9,17-18H2,(H2,19,29,30)(H,21,22,23,24). The number of hydrogen-bond donors (Lipinski definition) is 6. The zero-order chi connectivity index (χ0) is 25.1. The van der Waals surface area contributed by atoms with Crippen molar-refractivity contribution in [3.8, 4) is 11.4 Å². The minimum Gasteiger partial charge on any atom is -0.390 e. The lowest BCUT2D eigenvalue weighted by Crippen LogP contribution is -2.51. The second-order valence-electron chi connectivity index (χ2n) is 7.40. The van der Waals surface area contributed by atoms with Gasteiger partial charge in [-0.15, -0.1) is 10.2 Å². The SMILES string of the molecule is NCCN1CCN(c2ccc(S(=O)(=O)NCC(O)CN)c(S(N)(=O)=O)c2-c2nn[nH]n2)CC1=O. The van der Waals surface area contributed by atoms with Crippen molar-refractivity contribution in [1.29, 1.82) is 0 Å². The molecular weight excluding hydrogens is 492 g/mol. The van der Waals surface area contributed by atoms with Crippen LogP contribution in [0.5, 0.6) is 0 Å². The number of benzene rings is 1. The largest absolute Gasteiger partial charge is 0.390 e. The van der Waals surface area contributed by atoms with Gasteiger partial charge in [-0.2, -0.15) is 5.21 Å². The summed E-state index contributed by atoms with van der Waals surface area (Å²) in [4.78, 5) is 14.2. The highest BCUT2D eigenvalue weighted by Gasteiger charge is 2.34. The summed E-state index contributed by atoms with van der Waals surface area (Å²) in [5, 5.41) is 28.3. The van der Waals surface area contributed by atoms with Crippen LogP contribution in [0.25, 0.3) is 11.4 Å². The van der Waals surface area contributed by atoms with Gasteiger partial charge in [-0.3, -0.25) is 4.79 Å². The number of aromatic amines is 1. The maximum atomic E-state index is 13.0. The topological polar surface area (TPSA) is 257 Å². The molecule has 1 aliphatic heterocycles. The Hall–Kier alpha value is -2.74. The normalized spacial score (nSPS) is 16.2. The second-order valence-corrected chi connectivity index (χ2v) is 10.6. The summed E-state index contributed by atoms with van der Waals surface area (Å²) in [6.07, 6.45) is -1.19. The van der Waals surface area contributed by atoms with Gasteiger partial charge in [0.1, 0.15) is 9.79 Å². The number of carbonyl (C=O) groups is 1. The van der Waals surface area contributed by atoms with Gasteiger partial charge >= 0.3 is 0 Å². The van der Waals surface area contributed by atoms with Gasteiger partial charge in [0.05, 0.1) is 18.2 Å². The number of primary sulfonamides is 1. The van der Waals surface area contributed by atoms with Crippen molar-refractivity contribution in [2.45, 2.75) is 15.9 Å². The summed E-state index contributed by atoms with van der Waals surface area (Å²) in [7, 11) is -9.16. The first kappa shape index (κ1) is 25.9. The molecule has 0 aliphatic carbocycles. The smallest absolute Gasteiger partial charge is 0.242 e. The van der Waals surface area contributed by atoms with E-state index in [2.05, 4.69) is 25.3 Å². The number of H-pyrrole nitrogens is 1. The van der Waals surface area contributed by atoms with E-state index in [0.717, 1.165) is 6.07 Å². The number of amides is 1. The van der Waals surface area contributed by atoms with Gasteiger partial charge in [0, 0.05) is 45.0 Å². The van der Waals surface area contributed by atoms with Crippen LogP contribution in [0.3, 0.4) is 0 Å². The van der Waals surface area contributed by atoms with Gasteiger partial charge in [-0.25, -0.2) is 26.7 Å². The summed E-state index contributed by atoms with van der Waals surface area (Å²) in [5.74, 6) is -0.489. The van der Waals surface area contributed by atoms with Crippen LogP contribution in [0.15, 0.2) is 21.9 Å². The number of carbonyl (C=O) groups excluding carboxylic acids is 1. The number of aromatic nitrogens is 4. The van der Waals surface area contributed by atoms with Crippen molar-refractivity contribution in [3.05, 3.63) is 12.1 Å². The zero-order valence-electron chi connectivity index (χ0n) is 18.0. The fraction of sp³-hybridized carbons (Fsp3) is 0.500. The first-order valence-electron chi connectivity index (χ1n) is 10.0. The molecule has 9 N–H and O–H groups in total. The molecule has 2 aromatic rings. The number of nitrogens with one attached hydrogen (secondary N) is 2. The highest BCUT2D eigenvalue weighted by Crippen LogP contribution is 2.38. The molecular formula is C16H26N10O6S2. The first-order valence-corrected chi connectivity index (χ1v) is 13.1. The summed E-state index contributed by atoms with van der Waals surface area (Å²) in [6.45, 7) is 0.459. The third kappa shape index (κ3) is 5.49. The lowest BCUT2D eigenvalue weighted by Gasteiger charge is -2.36. The van der Waals surface area contributed by atoms with Crippen molar-refractivity contribution in [3.63, 3.8) is 0 Å². The van der Waals surface area contributed by atoms with Crippen molar-refractivity contribution in [2.75, 3.05) is 50.7 Å². The van der Waals surface area contributed by atoms with E-state index in [0.29, 0.717) is 19.6 Å². The van der Waals surface area contributed by atoms with Crippen LogP contribution in [0.1, 0.15) is 0 Å². The van der Waals surface area contributed by atoms with E-state index >= 15 is 0 Å². The van der Waals surface area contributed by atoms with E-state index < -0.39 is 42.5 Å². The van der Waals surface area contributed by atoms with E-state index in [1.807, 2.05) is 0 Å². The number of nitrogens with zero attached hydrogens (tertiary/aromatic N) is 5. The molecule has 188 valence electrons. The van der Waals surface area contributed by atoms with E-state index in [9.17, 15) is 26.7 Å². The Labute approximate surface area is 195 Å². The molecule has 1 fully saturated rings. The van der Waals surface area contributed by atoms with E-state index in [4.69, 9.17) is 16.6 Å². The lowest BCUT2D eigenvalue weighted by atomic mass is 10.1. The summed E-state index contributed by atoms with van der Waals surface area (Å²) < 4.78 is 53.4.